The van der Waals surface area contributed by atoms with Crippen molar-refractivity contribution in [3.63, 3.8) is 0 Å². The van der Waals surface area contributed by atoms with Crippen molar-refractivity contribution in [2.75, 3.05) is 32.8 Å². The Bertz CT molecular complexity index is 338. The third kappa shape index (κ3) is 3.44. The molecule has 5 heteroatoms. The predicted octanol–water partition coefficient (Wildman–Crippen LogP) is 1.70. The van der Waals surface area contributed by atoms with Gasteiger partial charge in [-0.3, -0.25) is 4.90 Å². The smallest absolute Gasteiger partial charge is 0.410 e. The third-order valence-electron chi connectivity index (χ3n) is 4.61. The fraction of sp³-hybridized carbons (Fsp3) is 0.933. The lowest BCUT2D eigenvalue weighted by Crippen LogP contribution is -2.50. The standard InChI is InChI=1S/C15H28N2O3/c1-12(2)4-7-17-11-15(20-14(17)19)5-8-16(9-6-15)13(3)10-18/h12-13,18H,4-11H2,1-3H3/t13-/m0/s1. The van der Waals surface area contributed by atoms with Gasteiger partial charge < -0.3 is 14.7 Å². The minimum absolute atomic E-state index is 0.144. The summed E-state index contributed by atoms with van der Waals surface area (Å²) in [6.45, 7) is 9.90. The molecule has 1 amide bonds. The molecule has 0 saturated carbocycles. The highest BCUT2D eigenvalue weighted by Gasteiger charge is 2.47. The van der Waals surface area contributed by atoms with Gasteiger partial charge in [0.25, 0.3) is 0 Å². The van der Waals surface area contributed by atoms with E-state index < -0.39 is 0 Å². The first-order valence-electron chi connectivity index (χ1n) is 7.78. The number of aliphatic hydroxyl groups is 1. The summed E-state index contributed by atoms with van der Waals surface area (Å²) >= 11 is 0. The number of carbonyl (C=O) groups excluding carboxylic acids is 1. The van der Waals surface area contributed by atoms with Crippen LogP contribution in [0.15, 0.2) is 0 Å². The molecule has 2 heterocycles. The van der Waals surface area contributed by atoms with Crippen LogP contribution in [0.1, 0.15) is 40.0 Å². The Kier molecular flexibility index (Phi) is 4.91. The number of carbonyl (C=O) groups is 1. The topological polar surface area (TPSA) is 53.0 Å². The average molecular weight is 284 g/mol. The number of rotatable bonds is 5. The molecular weight excluding hydrogens is 256 g/mol. The second-order valence-corrected chi connectivity index (χ2v) is 6.72. The van der Waals surface area contributed by atoms with E-state index in [2.05, 4.69) is 18.7 Å². The van der Waals surface area contributed by atoms with Crippen molar-refractivity contribution in [1.29, 1.82) is 0 Å². The quantitative estimate of drug-likeness (QED) is 0.835. The average Bonchev–Trinajstić information content (AvgIpc) is 2.72. The van der Waals surface area contributed by atoms with E-state index in [9.17, 15) is 9.90 Å². The zero-order valence-corrected chi connectivity index (χ0v) is 13.0. The predicted molar refractivity (Wildman–Crippen MR) is 77.6 cm³/mol. The molecule has 20 heavy (non-hydrogen) atoms. The number of piperidine rings is 1. The Hall–Kier alpha value is -0.810. The molecule has 1 atom stereocenters. The number of nitrogens with zero attached hydrogens (tertiary/aromatic N) is 2. The first-order valence-corrected chi connectivity index (χ1v) is 7.78. The second kappa shape index (κ2) is 6.31. The lowest BCUT2D eigenvalue weighted by Gasteiger charge is -2.39. The van der Waals surface area contributed by atoms with E-state index in [1.54, 1.807) is 0 Å². The van der Waals surface area contributed by atoms with Gasteiger partial charge in [0.05, 0.1) is 13.2 Å². The summed E-state index contributed by atoms with van der Waals surface area (Å²) in [5, 5.41) is 9.21. The van der Waals surface area contributed by atoms with Gasteiger partial charge in [-0.25, -0.2) is 4.79 Å². The summed E-state index contributed by atoms with van der Waals surface area (Å²) in [4.78, 5) is 16.1. The molecule has 2 fully saturated rings. The van der Waals surface area contributed by atoms with Crippen LogP contribution < -0.4 is 0 Å². The summed E-state index contributed by atoms with van der Waals surface area (Å²) in [7, 11) is 0. The van der Waals surface area contributed by atoms with Gasteiger partial charge in [-0.2, -0.15) is 0 Å². The number of likely N-dealkylation sites (tertiary alicyclic amines) is 1. The van der Waals surface area contributed by atoms with Crippen molar-refractivity contribution in [2.45, 2.75) is 51.7 Å². The molecule has 0 aromatic heterocycles. The van der Waals surface area contributed by atoms with E-state index in [1.165, 1.54) is 0 Å². The third-order valence-corrected chi connectivity index (χ3v) is 4.61. The van der Waals surface area contributed by atoms with Crippen LogP contribution in [0, 0.1) is 5.92 Å². The molecule has 5 nitrogen and oxygen atoms in total. The van der Waals surface area contributed by atoms with Crippen molar-refractivity contribution < 1.29 is 14.6 Å². The molecule has 116 valence electrons. The maximum atomic E-state index is 12.0. The normalized spacial score (nSPS) is 24.4. The summed E-state index contributed by atoms with van der Waals surface area (Å²) in [5.74, 6) is 0.603. The second-order valence-electron chi connectivity index (χ2n) is 6.72. The Balaban J connectivity index is 1.87. The van der Waals surface area contributed by atoms with Crippen LogP contribution in [0.4, 0.5) is 4.79 Å². The number of amides is 1. The van der Waals surface area contributed by atoms with Crippen molar-refractivity contribution in [2.24, 2.45) is 5.92 Å². The molecule has 0 aromatic rings. The zero-order chi connectivity index (χ0) is 14.8. The van der Waals surface area contributed by atoms with Crippen LogP contribution in [-0.4, -0.2) is 65.4 Å². The van der Waals surface area contributed by atoms with Crippen molar-refractivity contribution in [3.8, 4) is 0 Å². The minimum atomic E-state index is -0.278. The molecule has 2 rings (SSSR count). The van der Waals surface area contributed by atoms with Crippen molar-refractivity contribution in [3.05, 3.63) is 0 Å². The van der Waals surface area contributed by atoms with Crippen LogP contribution in [0.25, 0.3) is 0 Å². The van der Waals surface area contributed by atoms with Crippen LogP contribution in [0.5, 0.6) is 0 Å². The van der Waals surface area contributed by atoms with E-state index in [1.807, 2.05) is 11.8 Å². The summed E-state index contributed by atoms with van der Waals surface area (Å²) < 4.78 is 5.69. The molecule has 1 N–H and O–H groups in total. The highest BCUT2D eigenvalue weighted by atomic mass is 16.6. The zero-order valence-electron chi connectivity index (χ0n) is 13.0. The van der Waals surface area contributed by atoms with E-state index >= 15 is 0 Å². The number of hydrogen-bond donors (Lipinski definition) is 1. The molecule has 0 bridgehead atoms. The van der Waals surface area contributed by atoms with Gasteiger partial charge in [0.15, 0.2) is 0 Å². The van der Waals surface area contributed by atoms with E-state index in [-0.39, 0.29) is 24.3 Å². The largest absolute Gasteiger partial charge is 0.441 e. The summed E-state index contributed by atoms with van der Waals surface area (Å²) in [6.07, 6.45) is 2.63. The molecule has 0 unspecified atom stereocenters. The van der Waals surface area contributed by atoms with E-state index in [4.69, 9.17) is 4.74 Å². The molecular formula is C15H28N2O3. The number of ether oxygens (including phenoxy) is 1. The van der Waals surface area contributed by atoms with E-state index in [0.717, 1.165) is 45.4 Å². The Morgan fingerprint density at radius 2 is 1.95 bits per heavy atom. The van der Waals surface area contributed by atoms with Gasteiger partial charge in [0, 0.05) is 38.5 Å². The van der Waals surface area contributed by atoms with E-state index in [0.29, 0.717) is 5.92 Å². The highest BCUT2D eigenvalue weighted by molar-refractivity contribution is 5.70. The molecule has 2 aliphatic heterocycles. The van der Waals surface area contributed by atoms with Crippen molar-refractivity contribution >= 4 is 6.09 Å². The molecule has 0 radical (unpaired) electrons. The number of hydrogen-bond acceptors (Lipinski definition) is 4. The van der Waals surface area contributed by atoms with Gasteiger partial charge in [-0.15, -0.1) is 0 Å². The lowest BCUT2D eigenvalue weighted by atomic mass is 9.90. The summed E-state index contributed by atoms with van der Waals surface area (Å²) in [5.41, 5.74) is -0.278. The van der Waals surface area contributed by atoms with Gasteiger partial charge in [0.1, 0.15) is 5.60 Å². The molecule has 1 spiro atoms. The Morgan fingerprint density at radius 3 is 2.50 bits per heavy atom. The molecule has 0 aromatic carbocycles. The fourth-order valence-corrected chi connectivity index (χ4v) is 3.03. The monoisotopic (exact) mass is 284 g/mol. The lowest BCUT2D eigenvalue weighted by molar-refractivity contribution is -0.0145. The van der Waals surface area contributed by atoms with Crippen LogP contribution in [0.3, 0.4) is 0 Å². The van der Waals surface area contributed by atoms with Gasteiger partial charge in [-0.1, -0.05) is 13.8 Å². The first kappa shape index (κ1) is 15.6. The van der Waals surface area contributed by atoms with Gasteiger partial charge in [-0.05, 0) is 19.3 Å². The Morgan fingerprint density at radius 1 is 1.30 bits per heavy atom. The summed E-state index contributed by atoms with van der Waals surface area (Å²) in [6, 6.07) is 0.196. The van der Waals surface area contributed by atoms with Gasteiger partial charge in [0.2, 0.25) is 0 Å². The van der Waals surface area contributed by atoms with Crippen molar-refractivity contribution in [1.82, 2.24) is 9.80 Å². The minimum Gasteiger partial charge on any atom is -0.441 e. The van der Waals surface area contributed by atoms with Crippen LogP contribution in [0.2, 0.25) is 0 Å². The van der Waals surface area contributed by atoms with Crippen LogP contribution in [-0.2, 0) is 4.74 Å². The number of aliphatic hydroxyl groups excluding tert-OH is 1. The SMILES string of the molecule is CC(C)CCN1CC2(CCN([C@@H](C)CO)CC2)OC1=O. The molecule has 2 saturated heterocycles. The molecule has 2 aliphatic rings. The molecule has 0 aliphatic carbocycles. The Labute approximate surface area is 121 Å². The maximum absolute atomic E-state index is 12.0. The van der Waals surface area contributed by atoms with Gasteiger partial charge >= 0.3 is 6.09 Å². The maximum Gasteiger partial charge on any atom is 0.410 e. The van der Waals surface area contributed by atoms with Crippen LogP contribution >= 0.6 is 0 Å². The fourth-order valence-electron chi connectivity index (χ4n) is 3.03. The highest BCUT2D eigenvalue weighted by Crippen LogP contribution is 2.33. The first-order chi connectivity index (χ1) is 9.46.